The molecule has 3 rings (SSSR count). The third-order valence-electron chi connectivity index (χ3n) is 5.03. The average molecular weight is 507 g/mol. The van der Waals surface area contributed by atoms with Gasteiger partial charge in [-0.2, -0.15) is 4.31 Å². The highest BCUT2D eigenvalue weighted by atomic mass is 35.5. The Hall–Kier alpha value is -2.58. The summed E-state index contributed by atoms with van der Waals surface area (Å²) < 4.78 is 33.2. The van der Waals surface area contributed by atoms with E-state index < -0.39 is 15.9 Å². The van der Waals surface area contributed by atoms with Crippen molar-refractivity contribution < 1.29 is 17.9 Å². The summed E-state index contributed by atoms with van der Waals surface area (Å²) in [5.74, 6) is 0.256. The Morgan fingerprint density at radius 3 is 2.33 bits per heavy atom. The number of nitrogens with zero attached hydrogens (tertiary/aromatic N) is 1. The van der Waals surface area contributed by atoms with E-state index in [1.807, 2.05) is 25.1 Å². The van der Waals surface area contributed by atoms with E-state index in [9.17, 15) is 13.2 Å². The van der Waals surface area contributed by atoms with E-state index >= 15 is 0 Å². The molecule has 0 aliphatic heterocycles. The molecule has 0 radical (unpaired) electrons. The molecule has 0 aromatic heterocycles. The highest BCUT2D eigenvalue weighted by molar-refractivity contribution is 7.89. The number of hydrogen-bond acceptors (Lipinski definition) is 4. The van der Waals surface area contributed by atoms with Crippen molar-refractivity contribution in [2.45, 2.75) is 24.4 Å². The summed E-state index contributed by atoms with van der Waals surface area (Å²) in [5, 5.41) is 3.12. The van der Waals surface area contributed by atoms with E-state index in [1.54, 1.807) is 43.5 Å². The predicted octanol–water partition coefficient (Wildman–Crippen LogP) is 5.07. The summed E-state index contributed by atoms with van der Waals surface area (Å²) in [6, 6.07) is 20.2. The number of rotatable bonds is 9. The summed E-state index contributed by atoms with van der Waals surface area (Å²) in [5.41, 5.74) is 1.59. The van der Waals surface area contributed by atoms with Crippen LogP contribution in [0.4, 0.5) is 0 Å². The van der Waals surface area contributed by atoms with Crippen molar-refractivity contribution in [2.24, 2.45) is 0 Å². The van der Waals surface area contributed by atoms with Gasteiger partial charge in [0.15, 0.2) is 0 Å². The number of methoxy groups -OCH3 is 1. The van der Waals surface area contributed by atoms with Crippen LogP contribution < -0.4 is 10.1 Å². The average Bonchev–Trinajstić information content (AvgIpc) is 2.80. The molecule has 0 aliphatic carbocycles. The summed E-state index contributed by atoms with van der Waals surface area (Å²) in [6.45, 7) is 1.43. The number of sulfonamides is 1. The van der Waals surface area contributed by atoms with Crippen LogP contribution in [0.25, 0.3) is 0 Å². The number of benzene rings is 3. The molecule has 0 saturated carbocycles. The lowest BCUT2D eigenvalue weighted by atomic mass is 10.1. The Kier molecular flexibility index (Phi) is 8.37. The largest absolute Gasteiger partial charge is 0.497 e. The van der Waals surface area contributed by atoms with Crippen LogP contribution in [-0.2, 0) is 21.4 Å². The van der Waals surface area contributed by atoms with Crippen LogP contribution >= 0.6 is 23.2 Å². The second-order valence-corrected chi connectivity index (χ2v) is 10.1. The Morgan fingerprint density at radius 1 is 1.03 bits per heavy atom. The van der Waals surface area contributed by atoms with E-state index in [1.165, 1.54) is 18.2 Å². The fraction of sp³-hybridized carbons (Fsp3) is 0.208. The highest BCUT2D eigenvalue weighted by Gasteiger charge is 2.29. The first kappa shape index (κ1) is 25.1. The Bertz CT molecular complexity index is 1200. The predicted molar refractivity (Wildman–Crippen MR) is 130 cm³/mol. The van der Waals surface area contributed by atoms with Gasteiger partial charge < -0.3 is 10.1 Å². The number of ether oxygens (including phenoxy) is 1. The molecule has 1 atom stereocenters. The molecular weight excluding hydrogens is 483 g/mol. The highest BCUT2D eigenvalue weighted by Crippen LogP contribution is 2.28. The minimum absolute atomic E-state index is 0.00362. The monoisotopic (exact) mass is 506 g/mol. The van der Waals surface area contributed by atoms with Gasteiger partial charge in [-0.1, -0.05) is 65.7 Å². The van der Waals surface area contributed by atoms with Crippen molar-refractivity contribution in [1.82, 2.24) is 9.62 Å². The van der Waals surface area contributed by atoms with E-state index in [0.29, 0.717) is 5.75 Å². The fourth-order valence-corrected chi connectivity index (χ4v) is 5.37. The van der Waals surface area contributed by atoms with Gasteiger partial charge >= 0.3 is 0 Å². The first-order chi connectivity index (χ1) is 15.7. The standard InChI is InChI=1S/C24H24Cl2N2O4S/c1-17(19-8-11-21(32-2)12-9-19)27-24(29)16-28(15-18-6-4-3-5-7-18)33(30,31)23-14-20(25)10-13-22(23)26/h3-14,17H,15-16H2,1-2H3,(H,27,29). The quantitative estimate of drug-likeness (QED) is 0.439. The van der Waals surface area contributed by atoms with Gasteiger partial charge in [0.25, 0.3) is 0 Å². The molecule has 6 nitrogen and oxygen atoms in total. The fourth-order valence-electron chi connectivity index (χ4n) is 3.25. The topological polar surface area (TPSA) is 75.7 Å². The summed E-state index contributed by atoms with van der Waals surface area (Å²) >= 11 is 12.2. The molecule has 3 aromatic carbocycles. The molecule has 1 N–H and O–H groups in total. The van der Waals surface area contributed by atoms with E-state index in [0.717, 1.165) is 15.4 Å². The number of nitrogens with one attached hydrogen (secondary N) is 1. The van der Waals surface area contributed by atoms with Crippen LogP contribution in [-0.4, -0.2) is 32.3 Å². The van der Waals surface area contributed by atoms with Gasteiger partial charge in [0.2, 0.25) is 15.9 Å². The Balaban J connectivity index is 1.84. The second kappa shape index (κ2) is 11.0. The van der Waals surface area contributed by atoms with Gasteiger partial charge in [0, 0.05) is 11.6 Å². The number of carbonyl (C=O) groups is 1. The molecule has 0 bridgehead atoms. The number of amides is 1. The molecule has 0 spiro atoms. The van der Waals surface area contributed by atoms with Crippen LogP contribution in [0.2, 0.25) is 10.0 Å². The van der Waals surface area contributed by atoms with Crippen molar-refractivity contribution in [1.29, 1.82) is 0 Å². The van der Waals surface area contributed by atoms with Crippen LogP contribution in [0.1, 0.15) is 24.1 Å². The van der Waals surface area contributed by atoms with Gasteiger partial charge in [0.1, 0.15) is 10.6 Å². The smallest absolute Gasteiger partial charge is 0.245 e. The molecule has 3 aromatic rings. The van der Waals surface area contributed by atoms with Gasteiger partial charge in [-0.3, -0.25) is 4.79 Å². The molecule has 0 fully saturated rings. The molecule has 9 heteroatoms. The number of hydrogen-bond donors (Lipinski definition) is 1. The number of carbonyl (C=O) groups excluding carboxylic acids is 1. The molecule has 1 amide bonds. The zero-order valence-electron chi connectivity index (χ0n) is 18.2. The van der Waals surface area contributed by atoms with Crippen LogP contribution in [0.3, 0.4) is 0 Å². The van der Waals surface area contributed by atoms with Crippen LogP contribution in [0, 0.1) is 0 Å². The second-order valence-electron chi connectivity index (χ2n) is 7.40. The van der Waals surface area contributed by atoms with Crippen molar-refractivity contribution >= 4 is 39.1 Å². The lowest BCUT2D eigenvalue weighted by Crippen LogP contribution is -2.41. The summed E-state index contributed by atoms with van der Waals surface area (Å²) in [4.78, 5) is 12.7. The zero-order valence-corrected chi connectivity index (χ0v) is 20.5. The Morgan fingerprint density at radius 2 is 1.70 bits per heavy atom. The molecular formula is C24H24Cl2N2O4S. The first-order valence-electron chi connectivity index (χ1n) is 10.1. The van der Waals surface area contributed by atoms with Crippen LogP contribution in [0.5, 0.6) is 5.75 Å². The van der Waals surface area contributed by atoms with Crippen molar-refractivity contribution in [3.8, 4) is 5.75 Å². The molecule has 0 aliphatic rings. The number of halogens is 2. The lowest BCUT2D eigenvalue weighted by molar-refractivity contribution is -0.122. The minimum atomic E-state index is -4.12. The van der Waals surface area contributed by atoms with Gasteiger partial charge in [-0.25, -0.2) is 8.42 Å². The van der Waals surface area contributed by atoms with Gasteiger partial charge in [0.05, 0.1) is 24.7 Å². The van der Waals surface area contributed by atoms with E-state index in [4.69, 9.17) is 27.9 Å². The van der Waals surface area contributed by atoms with Crippen molar-refractivity contribution in [2.75, 3.05) is 13.7 Å². The van der Waals surface area contributed by atoms with Crippen molar-refractivity contribution in [3.63, 3.8) is 0 Å². The summed E-state index contributed by atoms with van der Waals surface area (Å²) in [7, 11) is -2.54. The molecule has 174 valence electrons. The maximum atomic E-state index is 13.5. The normalized spacial score (nSPS) is 12.4. The van der Waals surface area contributed by atoms with E-state index in [-0.39, 0.29) is 34.1 Å². The molecule has 1 unspecified atom stereocenters. The maximum Gasteiger partial charge on any atom is 0.245 e. The Labute approximate surface area is 204 Å². The molecule has 0 saturated heterocycles. The maximum absolute atomic E-state index is 13.5. The van der Waals surface area contributed by atoms with E-state index in [2.05, 4.69) is 5.32 Å². The zero-order chi connectivity index (χ0) is 24.0. The first-order valence-corrected chi connectivity index (χ1v) is 12.3. The van der Waals surface area contributed by atoms with Crippen LogP contribution in [0.15, 0.2) is 77.7 Å². The van der Waals surface area contributed by atoms with Gasteiger partial charge in [-0.15, -0.1) is 0 Å². The SMILES string of the molecule is COc1ccc(C(C)NC(=O)CN(Cc2ccccc2)S(=O)(=O)c2cc(Cl)ccc2Cl)cc1. The lowest BCUT2D eigenvalue weighted by Gasteiger charge is -2.24. The van der Waals surface area contributed by atoms with Gasteiger partial charge in [-0.05, 0) is 48.4 Å². The minimum Gasteiger partial charge on any atom is -0.497 e. The third-order valence-corrected chi connectivity index (χ3v) is 7.53. The van der Waals surface area contributed by atoms with Crippen molar-refractivity contribution in [3.05, 3.63) is 94.0 Å². The third kappa shape index (κ3) is 6.48. The molecule has 33 heavy (non-hydrogen) atoms. The summed E-state index contributed by atoms with van der Waals surface area (Å²) in [6.07, 6.45) is 0. The molecule has 0 heterocycles.